The van der Waals surface area contributed by atoms with Gasteiger partial charge in [-0.25, -0.2) is 0 Å². The molecule has 2 saturated heterocycles. The topological polar surface area (TPSA) is 58.8 Å². The molecule has 5 heteroatoms. The van der Waals surface area contributed by atoms with Crippen LogP contribution in [-0.4, -0.2) is 67.2 Å². The Morgan fingerprint density at radius 2 is 1.86 bits per heavy atom. The number of nitrogens with zero attached hydrogens (tertiary/aromatic N) is 2. The largest absolute Gasteiger partial charge is 0.377 e. The van der Waals surface area contributed by atoms with Crippen molar-refractivity contribution in [3.63, 3.8) is 0 Å². The second-order valence-corrected chi connectivity index (χ2v) is 8.12. The third-order valence-corrected chi connectivity index (χ3v) is 6.52. The first kappa shape index (κ1) is 16.2. The van der Waals surface area contributed by atoms with E-state index in [0.29, 0.717) is 6.04 Å². The van der Waals surface area contributed by atoms with Crippen molar-refractivity contribution in [2.75, 3.05) is 33.8 Å². The monoisotopic (exact) mass is 309 g/mol. The van der Waals surface area contributed by atoms with Crippen LogP contribution in [0.2, 0.25) is 0 Å². The standard InChI is InChI=1S/C17H31N3O2/c1-16(2)14-13(6-5-11-22-14)17(16,18)15(21)20-9-7-12(8-10-20)19(3)4/h12-14H,5-11,18H2,1-4H3. The second kappa shape index (κ2) is 5.46. The summed E-state index contributed by atoms with van der Waals surface area (Å²) in [6.45, 7) is 6.67. The summed E-state index contributed by atoms with van der Waals surface area (Å²) in [5, 5.41) is 0. The van der Waals surface area contributed by atoms with Crippen molar-refractivity contribution in [3.05, 3.63) is 0 Å². The van der Waals surface area contributed by atoms with E-state index in [2.05, 4.69) is 32.8 Å². The van der Waals surface area contributed by atoms with Gasteiger partial charge in [-0.3, -0.25) is 4.79 Å². The first-order valence-corrected chi connectivity index (χ1v) is 8.66. The molecule has 5 nitrogen and oxygen atoms in total. The number of likely N-dealkylation sites (tertiary alicyclic amines) is 1. The van der Waals surface area contributed by atoms with Gasteiger partial charge in [0.1, 0.15) is 5.54 Å². The number of hydrogen-bond donors (Lipinski definition) is 1. The molecule has 3 rings (SSSR count). The minimum Gasteiger partial charge on any atom is -0.377 e. The second-order valence-electron chi connectivity index (χ2n) is 8.12. The molecule has 126 valence electrons. The van der Waals surface area contributed by atoms with Crippen LogP contribution in [0.15, 0.2) is 0 Å². The number of nitrogens with two attached hydrogens (primary N) is 1. The molecule has 0 bridgehead atoms. The average molecular weight is 309 g/mol. The van der Waals surface area contributed by atoms with E-state index in [4.69, 9.17) is 10.5 Å². The summed E-state index contributed by atoms with van der Waals surface area (Å²) in [7, 11) is 4.23. The van der Waals surface area contributed by atoms with Crippen LogP contribution in [0.25, 0.3) is 0 Å². The van der Waals surface area contributed by atoms with Crippen molar-refractivity contribution >= 4 is 5.91 Å². The molecule has 3 unspecified atom stereocenters. The van der Waals surface area contributed by atoms with E-state index in [1.807, 2.05) is 4.90 Å². The fraction of sp³-hybridized carbons (Fsp3) is 0.941. The van der Waals surface area contributed by atoms with Crippen molar-refractivity contribution in [2.45, 2.75) is 57.2 Å². The molecule has 2 N–H and O–H groups in total. The van der Waals surface area contributed by atoms with Gasteiger partial charge in [0, 0.05) is 37.1 Å². The van der Waals surface area contributed by atoms with Crippen molar-refractivity contribution in [2.24, 2.45) is 17.1 Å². The molecule has 0 aromatic rings. The van der Waals surface area contributed by atoms with E-state index in [1.54, 1.807) is 0 Å². The lowest BCUT2D eigenvalue weighted by Crippen LogP contribution is -2.82. The molecule has 1 amide bonds. The summed E-state index contributed by atoms with van der Waals surface area (Å²) in [5.74, 6) is 0.344. The molecule has 2 heterocycles. The van der Waals surface area contributed by atoms with Crippen LogP contribution in [0.3, 0.4) is 0 Å². The van der Waals surface area contributed by atoms with Crippen LogP contribution in [0.4, 0.5) is 0 Å². The van der Waals surface area contributed by atoms with Gasteiger partial charge in [0.25, 0.3) is 0 Å². The molecule has 0 spiro atoms. The van der Waals surface area contributed by atoms with Crippen LogP contribution in [0.5, 0.6) is 0 Å². The van der Waals surface area contributed by atoms with Crippen molar-refractivity contribution in [1.82, 2.24) is 9.80 Å². The van der Waals surface area contributed by atoms with Crippen LogP contribution in [0, 0.1) is 11.3 Å². The zero-order valence-electron chi connectivity index (χ0n) is 14.5. The summed E-state index contributed by atoms with van der Waals surface area (Å²) < 4.78 is 5.92. The molecule has 0 radical (unpaired) electrons. The molecule has 2 aliphatic heterocycles. The van der Waals surface area contributed by atoms with Gasteiger partial charge in [-0.15, -0.1) is 0 Å². The summed E-state index contributed by atoms with van der Waals surface area (Å²) in [4.78, 5) is 17.4. The number of carbonyl (C=O) groups excluding carboxylic acids is 1. The predicted octanol–water partition coefficient (Wildman–Crippen LogP) is 1.07. The van der Waals surface area contributed by atoms with Crippen LogP contribution in [0.1, 0.15) is 39.5 Å². The predicted molar refractivity (Wildman–Crippen MR) is 86.5 cm³/mol. The highest BCUT2D eigenvalue weighted by molar-refractivity contribution is 5.89. The summed E-state index contributed by atoms with van der Waals surface area (Å²) >= 11 is 0. The zero-order valence-corrected chi connectivity index (χ0v) is 14.5. The number of hydrogen-bond acceptors (Lipinski definition) is 4. The van der Waals surface area contributed by atoms with Crippen molar-refractivity contribution in [1.29, 1.82) is 0 Å². The van der Waals surface area contributed by atoms with E-state index >= 15 is 0 Å². The third-order valence-electron chi connectivity index (χ3n) is 6.52. The zero-order chi connectivity index (χ0) is 16.1. The number of carbonyl (C=O) groups is 1. The normalized spacial score (nSPS) is 38.5. The Morgan fingerprint density at radius 3 is 2.45 bits per heavy atom. The van der Waals surface area contributed by atoms with Gasteiger partial charge in [-0.05, 0) is 39.8 Å². The maximum atomic E-state index is 13.2. The van der Waals surface area contributed by atoms with Crippen LogP contribution < -0.4 is 5.73 Å². The van der Waals surface area contributed by atoms with Crippen molar-refractivity contribution in [3.8, 4) is 0 Å². The Hall–Kier alpha value is -0.650. The highest BCUT2D eigenvalue weighted by Crippen LogP contribution is 2.58. The Bertz CT molecular complexity index is 443. The Kier molecular flexibility index (Phi) is 4.03. The molecule has 3 fully saturated rings. The van der Waals surface area contributed by atoms with E-state index in [-0.39, 0.29) is 23.3 Å². The van der Waals surface area contributed by atoms with Crippen molar-refractivity contribution < 1.29 is 9.53 Å². The fourth-order valence-electron chi connectivity index (χ4n) is 4.86. The van der Waals surface area contributed by atoms with E-state index in [9.17, 15) is 4.79 Å². The minimum absolute atomic E-state index is 0.148. The molecule has 1 aliphatic carbocycles. The summed E-state index contributed by atoms with van der Waals surface area (Å²) in [6, 6.07) is 0.581. The van der Waals surface area contributed by atoms with Gasteiger partial charge < -0.3 is 20.3 Å². The summed E-state index contributed by atoms with van der Waals surface area (Å²) in [6.07, 6.45) is 4.27. The smallest absolute Gasteiger partial charge is 0.243 e. The lowest BCUT2D eigenvalue weighted by molar-refractivity contribution is -0.230. The molecule has 0 aromatic heterocycles. The number of piperidine rings is 1. The number of fused-ring (bicyclic) bond motifs is 1. The van der Waals surface area contributed by atoms with Gasteiger partial charge in [0.2, 0.25) is 5.91 Å². The summed E-state index contributed by atoms with van der Waals surface area (Å²) in [5.41, 5.74) is 5.71. The Labute approximate surface area is 134 Å². The lowest BCUT2D eigenvalue weighted by atomic mass is 9.46. The molecule has 3 atom stereocenters. The molecule has 0 aromatic carbocycles. The van der Waals surface area contributed by atoms with E-state index in [0.717, 1.165) is 45.4 Å². The maximum Gasteiger partial charge on any atom is 0.243 e. The Morgan fingerprint density at radius 1 is 1.23 bits per heavy atom. The minimum atomic E-state index is -0.747. The van der Waals surface area contributed by atoms with Crippen LogP contribution >= 0.6 is 0 Å². The van der Waals surface area contributed by atoms with Gasteiger partial charge in [-0.1, -0.05) is 13.8 Å². The van der Waals surface area contributed by atoms with Gasteiger partial charge in [0.15, 0.2) is 0 Å². The molecular weight excluding hydrogens is 278 g/mol. The average Bonchev–Trinajstić information content (AvgIpc) is 2.53. The quantitative estimate of drug-likeness (QED) is 0.829. The number of ether oxygens (including phenoxy) is 1. The lowest BCUT2D eigenvalue weighted by Gasteiger charge is -2.66. The number of rotatable bonds is 2. The first-order chi connectivity index (χ1) is 10.3. The maximum absolute atomic E-state index is 13.2. The molecule has 22 heavy (non-hydrogen) atoms. The van der Waals surface area contributed by atoms with E-state index in [1.165, 1.54) is 0 Å². The van der Waals surface area contributed by atoms with Gasteiger partial charge in [0.05, 0.1) is 6.10 Å². The van der Waals surface area contributed by atoms with E-state index < -0.39 is 5.54 Å². The van der Waals surface area contributed by atoms with Gasteiger partial charge >= 0.3 is 0 Å². The first-order valence-electron chi connectivity index (χ1n) is 8.66. The fourth-order valence-corrected chi connectivity index (χ4v) is 4.86. The number of amides is 1. The van der Waals surface area contributed by atoms with Crippen LogP contribution in [-0.2, 0) is 9.53 Å². The molecule has 1 saturated carbocycles. The highest BCUT2D eigenvalue weighted by Gasteiger charge is 2.70. The highest BCUT2D eigenvalue weighted by atomic mass is 16.5. The third kappa shape index (κ3) is 2.13. The molecule has 3 aliphatic rings. The van der Waals surface area contributed by atoms with Gasteiger partial charge in [-0.2, -0.15) is 0 Å². The molecular formula is C17H31N3O2. The Balaban J connectivity index is 1.72. The SMILES string of the molecule is CN(C)C1CCN(C(=O)C2(N)C3CCCOC3C2(C)C)CC1.